The summed E-state index contributed by atoms with van der Waals surface area (Å²) in [6, 6.07) is 58.5. The molecule has 3 aromatic heterocycles. The van der Waals surface area contributed by atoms with E-state index < -0.39 is 0 Å². The van der Waals surface area contributed by atoms with Crippen LogP contribution in [0.5, 0.6) is 0 Å². The number of nitrogens with zero attached hydrogens (tertiary/aromatic N) is 7. The highest BCUT2D eigenvalue weighted by Crippen LogP contribution is 2.43. The first-order valence-corrected chi connectivity index (χ1v) is 18.1. The Labute approximate surface area is 321 Å². The summed E-state index contributed by atoms with van der Waals surface area (Å²) in [5.74, 6) is 0.475. The van der Waals surface area contributed by atoms with Crippen LogP contribution in [0.1, 0.15) is 11.1 Å². The van der Waals surface area contributed by atoms with Crippen molar-refractivity contribution in [2.24, 2.45) is 0 Å². The molecule has 0 amide bonds. The second kappa shape index (κ2) is 13.0. The number of nitriles is 2. The van der Waals surface area contributed by atoms with Gasteiger partial charge in [-0.2, -0.15) is 10.5 Å². The summed E-state index contributed by atoms with van der Waals surface area (Å²) in [6.07, 6.45) is 0. The van der Waals surface area contributed by atoms with Gasteiger partial charge < -0.3 is 9.13 Å². The van der Waals surface area contributed by atoms with Crippen molar-refractivity contribution in [3.8, 4) is 57.4 Å². The highest BCUT2D eigenvalue weighted by molar-refractivity contribution is 6.12. The molecular weight excluding hydrogens is 687 g/mol. The number of fused-ring (bicyclic) bond motifs is 6. The first kappa shape index (κ1) is 32.3. The molecule has 0 bridgehead atoms. The molecule has 0 atom stereocenters. The van der Waals surface area contributed by atoms with Gasteiger partial charge in [-0.05, 0) is 66.0 Å². The molecule has 56 heavy (non-hydrogen) atoms. The summed E-state index contributed by atoms with van der Waals surface area (Å²) in [6.45, 7) is 7.79. The second-order valence-corrected chi connectivity index (χ2v) is 13.6. The van der Waals surface area contributed by atoms with Gasteiger partial charge in [-0.15, -0.1) is 0 Å². The normalized spacial score (nSPS) is 11.2. The van der Waals surface area contributed by atoms with Gasteiger partial charge >= 0.3 is 0 Å². The van der Waals surface area contributed by atoms with Crippen molar-refractivity contribution in [1.29, 1.82) is 10.5 Å². The number of rotatable bonds is 5. The third kappa shape index (κ3) is 5.11. The third-order valence-electron chi connectivity index (χ3n) is 10.4. The van der Waals surface area contributed by atoms with E-state index in [0.29, 0.717) is 39.6 Å². The zero-order valence-corrected chi connectivity index (χ0v) is 29.7. The van der Waals surface area contributed by atoms with Crippen molar-refractivity contribution in [3.05, 3.63) is 186 Å². The fraction of sp³-hybridized carbons (Fsp3) is 0. The van der Waals surface area contributed by atoms with Crippen LogP contribution in [0.2, 0.25) is 0 Å². The molecule has 10 aromatic rings. The van der Waals surface area contributed by atoms with Crippen LogP contribution < -0.4 is 0 Å². The average molecular weight is 714 g/mol. The highest BCUT2D eigenvalue weighted by atomic mass is 15.0. The van der Waals surface area contributed by atoms with Crippen molar-refractivity contribution < 1.29 is 0 Å². The molecule has 3 heterocycles. The Morgan fingerprint density at radius 3 is 1.48 bits per heavy atom. The number of hydrogen-bond donors (Lipinski definition) is 0. The van der Waals surface area contributed by atoms with E-state index in [9.17, 15) is 10.5 Å². The minimum atomic E-state index is 0.449. The topological polar surface area (TPSA) is 87.6 Å². The fourth-order valence-electron chi connectivity index (χ4n) is 7.92. The Balaban J connectivity index is 1.42. The zero-order valence-electron chi connectivity index (χ0n) is 29.7. The lowest BCUT2D eigenvalue weighted by molar-refractivity contribution is 1.10. The van der Waals surface area contributed by atoms with E-state index in [0.717, 1.165) is 66.1 Å². The Morgan fingerprint density at radius 2 is 0.946 bits per heavy atom. The Kier molecular flexibility index (Phi) is 7.49. The molecule has 0 fully saturated rings. The summed E-state index contributed by atoms with van der Waals surface area (Å²) in [5, 5.41) is 24.5. The molecule has 7 aromatic carbocycles. The number of benzene rings is 7. The van der Waals surface area contributed by atoms with Gasteiger partial charge in [-0.3, -0.25) is 0 Å². The van der Waals surface area contributed by atoms with E-state index in [1.54, 1.807) is 0 Å². The summed E-state index contributed by atoms with van der Waals surface area (Å²) in [4.78, 5) is 14.5. The van der Waals surface area contributed by atoms with Gasteiger partial charge in [0.25, 0.3) is 0 Å². The third-order valence-corrected chi connectivity index (χ3v) is 10.4. The second-order valence-electron chi connectivity index (χ2n) is 13.6. The Morgan fingerprint density at radius 1 is 0.464 bits per heavy atom. The van der Waals surface area contributed by atoms with E-state index >= 15 is 0 Å². The van der Waals surface area contributed by atoms with Crippen LogP contribution in [0.3, 0.4) is 0 Å². The first-order chi connectivity index (χ1) is 27.6. The Hall–Kier alpha value is -8.31. The maximum Gasteiger partial charge on any atom is 0.188 e. The van der Waals surface area contributed by atoms with Crippen molar-refractivity contribution in [2.75, 3.05) is 0 Å². The lowest BCUT2D eigenvalue weighted by Gasteiger charge is -2.20. The lowest BCUT2D eigenvalue weighted by Crippen LogP contribution is -2.07. The van der Waals surface area contributed by atoms with E-state index in [1.807, 2.05) is 140 Å². The fourth-order valence-corrected chi connectivity index (χ4v) is 7.92. The maximum atomic E-state index is 10.7. The Bertz CT molecular complexity index is 3120. The summed E-state index contributed by atoms with van der Waals surface area (Å²) >= 11 is 0. The zero-order chi connectivity index (χ0) is 37.8. The van der Waals surface area contributed by atoms with Crippen LogP contribution in [-0.4, -0.2) is 19.1 Å². The maximum absolute atomic E-state index is 10.7. The van der Waals surface area contributed by atoms with E-state index in [-0.39, 0.29) is 0 Å². The highest BCUT2D eigenvalue weighted by Gasteiger charge is 2.26. The minimum Gasteiger partial charge on any atom is -0.308 e. The largest absolute Gasteiger partial charge is 0.308 e. The van der Waals surface area contributed by atoms with Crippen LogP contribution in [0.25, 0.3) is 93.7 Å². The number of para-hydroxylation sites is 2. The molecule has 0 unspecified atom stereocenters. The molecule has 7 heteroatoms. The van der Waals surface area contributed by atoms with E-state index in [1.165, 1.54) is 0 Å². The molecule has 0 spiro atoms. The van der Waals surface area contributed by atoms with Gasteiger partial charge in [0.2, 0.25) is 0 Å². The molecule has 0 N–H and O–H groups in total. The molecule has 0 aliphatic rings. The predicted octanol–water partition coefficient (Wildman–Crippen LogP) is 12.0. The van der Waals surface area contributed by atoms with Gasteiger partial charge in [0.1, 0.15) is 0 Å². The molecular formula is C49H27N7. The quantitative estimate of drug-likeness (QED) is 0.166. The molecule has 10 rings (SSSR count). The molecule has 0 aliphatic heterocycles. The van der Waals surface area contributed by atoms with E-state index in [4.69, 9.17) is 16.5 Å². The van der Waals surface area contributed by atoms with Crippen molar-refractivity contribution in [2.45, 2.75) is 0 Å². The van der Waals surface area contributed by atoms with Crippen LogP contribution in [0, 0.1) is 29.2 Å². The minimum absolute atomic E-state index is 0.449. The van der Waals surface area contributed by atoms with Gasteiger partial charge in [-0.25, -0.2) is 14.8 Å². The van der Waals surface area contributed by atoms with Crippen LogP contribution >= 0.6 is 0 Å². The molecule has 0 saturated heterocycles. The van der Waals surface area contributed by atoms with Gasteiger partial charge in [0, 0.05) is 27.3 Å². The van der Waals surface area contributed by atoms with Gasteiger partial charge in [0.05, 0.1) is 80.2 Å². The predicted molar refractivity (Wildman–Crippen MR) is 223 cm³/mol. The van der Waals surface area contributed by atoms with Crippen LogP contribution in [0.4, 0.5) is 5.69 Å². The van der Waals surface area contributed by atoms with Crippen LogP contribution in [-0.2, 0) is 0 Å². The summed E-state index contributed by atoms with van der Waals surface area (Å²) < 4.78 is 4.33. The molecule has 0 radical (unpaired) electrons. The molecule has 0 aliphatic carbocycles. The molecule has 258 valence electrons. The van der Waals surface area contributed by atoms with Crippen molar-refractivity contribution >= 4 is 49.3 Å². The SMILES string of the molecule is [C-]#[N+]c1ccc2c(c1)c1ccccc1n2-c1cc(C#N)cc(-n2c3ccccc3c3cc(C#N)ccc32)c1-c1nc(-c2ccccc2)cc(-c2ccccc2)n1. The monoisotopic (exact) mass is 713 g/mol. The first-order valence-electron chi connectivity index (χ1n) is 18.1. The van der Waals surface area contributed by atoms with Gasteiger partial charge in [-0.1, -0.05) is 103 Å². The van der Waals surface area contributed by atoms with Crippen LogP contribution in [0.15, 0.2) is 164 Å². The standard InChI is InChI=1S/C49H27N7/c1-52-35-21-23-45-39(27-35)37-17-9-11-19-43(37)56(45)47-26-32(30-51)25-46(55-42-18-10-8-16-36(42)38-24-31(29-50)20-22-44(38)55)48(47)49-53-40(33-12-4-2-5-13-33)28-41(54-49)34-14-6-3-7-15-34/h2-28H. The summed E-state index contributed by atoms with van der Waals surface area (Å²) in [5.41, 5.74) is 10.6. The van der Waals surface area contributed by atoms with E-state index in [2.05, 4.69) is 50.4 Å². The molecule has 0 saturated carbocycles. The lowest BCUT2D eigenvalue weighted by atomic mass is 10.0. The number of aromatic nitrogens is 4. The number of hydrogen-bond acceptors (Lipinski definition) is 4. The molecule has 7 nitrogen and oxygen atoms in total. The van der Waals surface area contributed by atoms with Crippen molar-refractivity contribution in [3.63, 3.8) is 0 Å². The average Bonchev–Trinajstić information content (AvgIpc) is 3.78. The summed E-state index contributed by atoms with van der Waals surface area (Å²) in [7, 11) is 0. The van der Waals surface area contributed by atoms with Crippen molar-refractivity contribution in [1.82, 2.24) is 19.1 Å². The van der Waals surface area contributed by atoms with Gasteiger partial charge in [0.15, 0.2) is 11.5 Å². The smallest absolute Gasteiger partial charge is 0.188 e.